The molecule has 1 heterocycles. The Bertz CT molecular complexity index is 352. The van der Waals surface area contributed by atoms with Crippen molar-refractivity contribution in [3.05, 3.63) is 30.1 Å². The molecule has 88 valence electrons. The van der Waals surface area contributed by atoms with Gasteiger partial charge in [0.2, 0.25) is 0 Å². The molecular formula is C13H20N2O. The highest BCUT2D eigenvalue weighted by Crippen LogP contribution is 2.27. The lowest BCUT2D eigenvalue weighted by Crippen LogP contribution is -2.35. The van der Waals surface area contributed by atoms with E-state index in [1.54, 1.807) is 6.20 Å². The van der Waals surface area contributed by atoms with Crippen LogP contribution in [0, 0.1) is 5.41 Å². The predicted molar refractivity (Wildman–Crippen MR) is 65.1 cm³/mol. The van der Waals surface area contributed by atoms with Gasteiger partial charge in [0.25, 0.3) is 0 Å². The van der Waals surface area contributed by atoms with Gasteiger partial charge in [0, 0.05) is 11.6 Å². The molecule has 1 atom stereocenters. The smallest absolute Gasteiger partial charge is 0.161 e. The van der Waals surface area contributed by atoms with Crippen LogP contribution in [0.15, 0.2) is 24.4 Å². The molecule has 0 aliphatic rings. The van der Waals surface area contributed by atoms with Gasteiger partial charge in [-0.1, -0.05) is 26.8 Å². The molecule has 1 aromatic heterocycles. The van der Waals surface area contributed by atoms with E-state index in [1.165, 1.54) is 0 Å². The molecule has 1 aromatic rings. The van der Waals surface area contributed by atoms with Crippen molar-refractivity contribution in [1.82, 2.24) is 9.88 Å². The fourth-order valence-electron chi connectivity index (χ4n) is 1.58. The Morgan fingerprint density at radius 3 is 2.31 bits per heavy atom. The van der Waals surface area contributed by atoms with E-state index in [0.717, 1.165) is 5.69 Å². The predicted octanol–water partition coefficient (Wildman–Crippen LogP) is 2.30. The molecule has 0 fully saturated rings. The molecule has 1 unspecified atom stereocenters. The number of nitrogens with zero attached hydrogens (tertiary/aromatic N) is 2. The molecule has 3 heteroatoms. The first kappa shape index (κ1) is 12.8. The van der Waals surface area contributed by atoms with Crippen LogP contribution in [0.25, 0.3) is 0 Å². The van der Waals surface area contributed by atoms with Crippen LogP contribution in [-0.4, -0.2) is 29.8 Å². The second kappa shape index (κ2) is 4.74. The molecule has 0 radical (unpaired) electrons. The number of pyridine rings is 1. The topological polar surface area (TPSA) is 33.2 Å². The molecule has 1 rings (SSSR count). The van der Waals surface area contributed by atoms with Crippen LogP contribution >= 0.6 is 0 Å². The molecule has 0 bridgehead atoms. The van der Waals surface area contributed by atoms with Gasteiger partial charge in [-0.05, 0) is 26.2 Å². The zero-order chi connectivity index (χ0) is 12.3. The maximum Gasteiger partial charge on any atom is 0.161 e. The van der Waals surface area contributed by atoms with E-state index in [0.29, 0.717) is 0 Å². The standard InChI is InChI=1S/C13H20N2O/c1-13(2,3)12(16)11(15(4)5)10-8-6-7-9-14-10/h6-9,11H,1-5H3. The average Bonchev–Trinajstić information content (AvgIpc) is 2.17. The number of rotatable bonds is 3. The van der Waals surface area contributed by atoms with Gasteiger partial charge in [-0.3, -0.25) is 14.7 Å². The maximum atomic E-state index is 12.3. The third-order valence-corrected chi connectivity index (χ3v) is 2.47. The van der Waals surface area contributed by atoms with Gasteiger partial charge in [-0.15, -0.1) is 0 Å². The molecule has 16 heavy (non-hydrogen) atoms. The SMILES string of the molecule is CN(C)C(C(=O)C(C)(C)C)c1ccccn1. The van der Waals surface area contributed by atoms with E-state index in [4.69, 9.17) is 0 Å². The van der Waals surface area contributed by atoms with E-state index in [1.807, 2.05) is 58.0 Å². The van der Waals surface area contributed by atoms with Crippen LogP contribution in [0.5, 0.6) is 0 Å². The molecular weight excluding hydrogens is 200 g/mol. The minimum Gasteiger partial charge on any atom is -0.297 e. The van der Waals surface area contributed by atoms with Crippen LogP contribution in [0.4, 0.5) is 0 Å². The summed E-state index contributed by atoms with van der Waals surface area (Å²) >= 11 is 0. The molecule has 0 saturated carbocycles. The summed E-state index contributed by atoms with van der Waals surface area (Å²) in [6, 6.07) is 5.40. The largest absolute Gasteiger partial charge is 0.297 e. The molecule has 0 spiro atoms. The van der Waals surface area contributed by atoms with Crippen LogP contribution < -0.4 is 0 Å². The van der Waals surface area contributed by atoms with Crippen LogP contribution in [-0.2, 0) is 4.79 Å². The first-order valence-corrected chi connectivity index (χ1v) is 5.45. The lowest BCUT2D eigenvalue weighted by atomic mass is 9.85. The second-order valence-corrected chi connectivity index (χ2v) is 5.24. The maximum absolute atomic E-state index is 12.3. The summed E-state index contributed by atoms with van der Waals surface area (Å²) in [5.41, 5.74) is 0.458. The lowest BCUT2D eigenvalue weighted by molar-refractivity contribution is -0.131. The van der Waals surface area contributed by atoms with Crippen molar-refractivity contribution in [3.63, 3.8) is 0 Å². The zero-order valence-corrected chi connectivity index (χ0v) is 10.7. The Hall–Kier alpha value is -1.22. The highest BCUT2D eigenvalue weighted by Gasteiger charge is 2.32. The summed E-state index contributed by atoms with van der Waals surface area (Å²) in [6.45, 7) is 5.82. The van der Waals surface area contributed by atoms with E-state index in [9.17, 15) is 4.79 Å². The van der Waals surface area contributed by atoms with Crippen LogP contribution in [0.3, 0.4) is 0 Å². The highest BCUT2D eigenvalue weighted by atomic mass is 16.1. The molecule has 0 aliphatic heterocycles. The normalized spacial score (nSPS) is 13.9. The van der Waals surface area contributed by atoms with Gasteiger partial charge >= 0.3 is 0 Å². The molecule has 0 N–H and O–H groups in total. The fraction of sp³-hybridized carbons (Fsp3) is 0.538. The minimum absolute atomic E-state index is 0.191. The number of carbonyl (C=O) groups excluding carboxylic acids is 1. The molecule has 0 saturated heterocycles. The van der Waals surface area contributed by atoms with Gasteiger partial charge in [-0.2, -0.15) is 0 Å². The highest BCUT2D eigenvalue weighted by molar-refractivity contribution is 5.89. The number of ketones is 1. The van der Waals surface area contributed by atoms with Crippen molar-refractivity contribution < 1.29 is 4.79 Å². The molecule has 0 aromatic carbocycles. The van der Waals surface area contributed by atoms with Crippen LogP contribution in [0.2, 0.25) is 0 Å². The molecule has 0 aliphatic carbocycles. The number of likely N-dealkylation sites (N-methyl/N-ethyl adjacent to an activating group) is 1. The third kappa shape index (κ3) is 2.89. The van der Waals surface area contributed by atoms with Crippen molar-refractivity contribution >= 4 is 5.78 Å². The first-order valence-electron chi connectivity index (χ1n) is 5.45. The van der Waals surface area contributed by atoms with Gasteiger partial charge < -0.3 is 0 Å². The van der Waals surface area contributed by atoms with Crippen LogP contribution in [0.1, 0.15) is 32.5 Å². The third-order valence-electron chi connectivity index (χ3n) is 2.47. The number of Topliss-reactive ketones (excluding diaryl/α,β-unsaturated/α-hetero) is 1. The van der Waals surface area contributed by atoms with Crippen molar-refractivity contribution in [2.24, 2.45) is 5.41 Å². The van der Waals surface area contributed by atoms with E-state index in [2.05, 4.69) is 4.98 Å². The van der Waals surface area contributed by atoms with E-state index < -0.39 is 0 Å². The summed E-state index contributed by atoms with van der Waals surface area (Å²) in [5.74, 6) is 0.191. The summed E-state index contributed by atoms with van der Waals surface area (Å²) in [4.78, 5) is 18.5. The summed E-state index contributed by atoms with van der Waals surface area (Å²) < 4.78 is 0. The minimum atomic E-state index is -0.355. The number of carbonyl (C=O) groups is 1. The monoisotopic (exact) mass is 220 g/mol. The van der Waals surface area contributed by atoms with Gasteiger partial charge in [0.05, 0.1) is 5.69 Å². The molecule has 3 nitrogen and oxygen atoms in total. The Labute approximate surface area is 97.5 Å². The summed E-state index contributed by atoms with van der Waals surface area (Å²) in [6.07, 6.45) is 1.72. The van der Waals surface area contributed by atoms with Gasteiger partial charge in [0.1, 0.15) is 6.04 Å². The van der Waals surface area contributed by atoms with Gasteiger partial charge in [-0.25, -0.2) is 0 Å². The number of hydrogen-bond donors (Lipinski definition) is 0. The lowest BCUT2D eigenvalue weighted by Gasteiger charge is -2.28. The Kier molecular flexibility index (Phi) is 3.81. The Morgan fingerprint density at radius 1 is 1.31 bits per heavy atom. The Balaban J connectivity index is 3.07. The van der Waals surface area contributed by atoms with Crippen molar-refractivity contribution in [2.75, 3.05) is 14.1 Å². The van der Waals surface area contributed by atoms with E-state index >= 15 is 0 Å². The zero-order valence-electron chi connectivity index (χ0n) is 10.7. The van der Waals surface area contributed by atoms with Crippen molar-refractivity contribution in [1.29, 1.82) is 0 Å². The van der Waals surface area contributed by atoms with Gasteiger partial charge in [0.15, 0.2) is 5.78 Å². The average molecular weight is 220 g/mol. The summed E-state index contributed by atoms with van der Waals surface area (Å²) in [5, 5.41) is 0. The van der Waals surface area contributed by atoms with Crippen molar-refractivity contribution in [3.8, 4) is 0 Å². The van der Waals surface area contributed by atoms with E-state index in [-0.39, 0.29) is 17.2 Å². The number of aromatic nitrogens is 1. The quantitative estimate of drug-likeness (QED) is 0.783. The van der Waals surface area contributed by atoms with Crippen molar-refractivity contribution in [2.45, 2.75) is 26.8 Å². The Morgan fingerprint density at radius 2 is 1.94 bits per heavy atom. The fourth-order valence-corrected chi connectivity index (χ4v) is 1.58. The molecule has 0 amide bonds. The second-order valence-electron chi connectivity index (χ2n) is 5.24. The summed E-state index contributed by atoms with van der Waals surface area (Å²) in [7, 11) is 3.81. The first-order chi connectivity index (χ1) is 7.34. The number of hydrogen-bond acceptors (Lipinski definition) is 3.